The van der Waals surface area contributed by atoms with Gasteiger partial charge in [0.2, 0.25) is 16.0 Å². The van der Waals surface area contributed by atoms with Crippen molar-refractivity contribution in [1.29, 1.82) is 0 Å². The highest BCUT2D eigenvalue weighted by Crippen LogP contribution is 2.26. The smallest absolute Gasteiger partial charge is 0.381 e. The topological polar surface area (TPSA) is 117 Å². The Hall–Kier alpha value is -3.04. The molecule has 0 spiro atoms. The van der Waals surface area contributed by atoms with Crippen LogP contribution >= 0.6 is 0 Å². The molecule has 1 saturated heterocycles. The van der Waals surface area contributed by atoms with Crippen LogP contribution in [0, 0.1) is 5.92 Å². The Morgan fingerprint density at radius 2 is 1.87 bits per heavy atom. The summed E-state index contributed by atoms with van der Waals surface area (Å²) in [6.45, 7) is 6.71. The van der Waals surface area contributed by atoms with Crippen molar-refractivity contribution in [3.8, 4) is 0 Å². The van der Waals surface area contributed by atoms with Crippen molar-refractivity contribution in [2.75, 3.05) is 32.6 Å². The Morgan fingerprint density at radius 1 is 1.16 bits per heavy atom. The molecular formula is C30H40F4N6O4S. The molecule has 1 aromatic rings. The zero-order chi connectivity index (χ0) is 32.5. The summed E-state index contributed by atoms with van der Waals surface area (Å²) in [5.41, 5.74) is 0.662. The number of nitrogens with one attached hydrogen (secondary N) is 2. The van der Waals surface area contributed by atoms with Crippen LogP contribution in [0.4, 0.5) is 17.6 Å². The Balaban J connectivity index is 1.31. The fourth-order valence-corrected chi connectivity index (χ4v) is 7.25. The molecule has 0 unspecified atom stereocenters. The Morgan fingerprint density at radius 3 is 2.47 bits per heavy atom. The third-order valence-corrected chi connectivity index (χ3v) is 9.94. The Bertz CT molecular complexity index is 1670. The lowest BCUT2D eigenvalue weighted by molar-refractivity contribution is -0.129. The fourth-order valence-electron chi connectivity index (χ4n) is 6.13. The van der Waals surface area contributed by atoms with Crippen LogP contribution in [0.15, 0.2) is 44.5 Å². The van der Waals surface area contributed by atoms with Gasteiger partial charge in [-0.05, 0) is 64.3 Å². The third kappa shape index (κ3) is 8.22. The summed E-state index contributed by atoms with van der Waals surface area (Å²) in [5.74, 6) is -1.02. The van der Waals surface area contributed by atoms with Crippen LogP contribution < -0.4 is 26.3 Å². The van der Waals surface area contributed by atoms with Crippen molar-refractivity contribution in [3.63, 3.8) is 0 Å². The number of hydrogen-bond acceptors (Lipinski definition) is 8. The van der Waals surface area contributed by atoms with Gasteiger partial charge >= 0.3 is 6.18 Å². The summed E-state index contributed by atoms with van der Waals surface area (Å²) in [6.07, 6.45) is 0.0121. The molecule has 2 aliphatic carbocycles. The molecule has 248 valence electrons. The highest BCUT2D eigenvalue weighted by Gasteiger charge is 2.31. The molecule has 10 nitrogen and oxygen atoms in total. The van der Waals surface area contributed by atoms with E-state index in [9.17, 15) is 26.4 Å². The number of hydrogen-bond donors (Lipinski definition) is 2. The van der Waals surface area contributed by atoms with Gasteiger partial charge in [0.25, 0.3) is 5.56 Å². The largest absolute Gasteiger partial charge is 0.390 e. The first kappa shape index (κ1) is 33.3. The number of fused-ring (bicyclic) bond motifs is 1. The zero-order valence-electron chi connectivity index (χ0n) is 25.7. The van der Waals surface area contributed by atoms with Gasteiger partial charge in [-0.15, -0.1) is 0 Å². The van der Waals surface area contributed by atoms with Gasteiger partial charge < -0.3 is 15.0 Å². The molecule has 4 aliphatic rings. The minimum absolute atomic E-state index is 0.224. The normalized spacial score (nSPS) is 23.9. The van der Waals surface area contributed by atoms with Crippen molar-refractivity contribution in [2.45, 2.75) is 83.2 Å². The second kappa shape index (κ2) is 13.4. The number of ether oxygens (including phenoxy) is 1. The summed E-state index contributed by atoms with van der Waals surface area (Å²) in [7, 11) is -2.24. The quantitative estimate of drug-likeness (QED) is 0.395. The molecule has 3 heterocycles. The van der Waals surface area contributed by atoms with E-state index in [0.717, 1.165) is 51.5 Å². The van der Waals surface area contributed by atoms with E-state index >= 15 is 4.39 Å². The maximum absolute atomic E-state index is 15.0. The molecule has 0 aromatic carbocycles. The van der Waals surface area contributed by atoms with Crippen LogP contribution in [-0.4, -0.2) is 74.7 Å². The maximum Gasteiger partial charge on any atom is 0.390 e. The van der Waals surface area contributed by atoms with E-state index in [4.69, 9.17) is 9.73 Å². The van der Waals surface area contributed by atoms with Crippen LogP contribution in [0.3, 0.4) is 0 Å². The number of nitrogens with zero attached hydrogens (tertiary/aromatic N) is 4. The molecule has 0 radical (unpaired) electrons. The number of guanidine groups is 1. The van der Waals surface area contributed by atoms with Crippen molar-refractivity contribution in [2.24, 2.45) is 15.9 Å². The number of alkyl halides is 3. The van der Waals surface area contributed by atoms with Gasteiger partial charge in [-0.25, -0.2) is 17.8 Å². The first-order valence-electron chi connectivity index (χ1n) is 15.3. The van der Waals surface area contributed by atoms with Crippen LogP contribution in [0.25, 0.3) is 5.57 Å². The number of halogens is 4. The lowest BCUT2D eigenvalue weighted by atomic mass is 9.90. The van der Waals surface area contributed by atoms with E-state index in [0.29, 0.717) is 34.5 Å². The van der Waals surface area contributed by atoms with Gasteiger partial charge in [-0.2, -0.15) is 18.2 Å². The Labute approximate surface area is 259 Å². The number of allylic oxidation sites excluding steroid dienone is 3. The number of aromatic nitrogens is 1. The monoisotopic (exact) mass is 656 g/mol. The average molecular weight is 657 g/mol. The maximum atomic E-state index is 15.0. The number of pyridine rings is 1. The molecule has 0 bridgehead atoms. The van der Waals surface area contributed by atoms with Gasteiger partial charge in [-0.1, -0.05) is 6.08 Å². The highest BCUT2D eigenvalue weighted by molar-refractivity contribution is 7.89. The molecule has 0 amide bonds. The number of aliphatic imine (C=N–C) groups is 1. The molecule has 0 atom stereocenters. The molecule has 1 saturated carbocycles. The summed E-state index contributed by atoms with van der Waals surface area (Å²) in [5, 5.41) is 3.70. The van der Waals surface area contributed by atoms with E-state index in [2.05, 4.69) is 22.3 Å². The van der Waals surface area contributed by atoms with E-state index in [-0.39, 0.29) is 29.4 Å². The van der Waals surface area contributed by atoms with Gasteiger partial charge in [0.05, 0.1) is 37.6 Å². The van der Waals surface area contributed by atoms with Crippen molar-refractivity contribution < 1.29 is 30.7 Å². The second-order valence-electron chi connectivity index (χ2n) is 12.6. The summed E-state index contributed by atoms with van der Waals surface area (Å²) >= 11 is 0. The predicted octanol–water partition coefficient (Wildman–Crippen LogP) is 2.56. The number of sulfonamides is 1. The van der Waals surface area contributed by atoms with Crippen molar-refractivity contribution in [3.05, 3.63) is 56.4 Å². The predicted molar refractivity (Wildman–Crippen MR) is 162 cm³/mol. The first-order valence-corrected chi connectivity index (χ1v) is 16.9. The summed E-state index contributed by atoms with van der Waals surface area (Å²) in [4.78, 5) is 25.5. The minimum Gasteiger partial charge on any atom is -0.381 e. The molecule has 5 rings (SSSR count). The number of rotatable bonds is 9. The van der Waals surface area contributed by atoms with E-state index in [1.165, 1.54) is 6.08 Å². The minimum atomic E-state index is -4.66. The molecule has 15 heteroatoms. The van der Waals surface area contributed by atoms with Crippen LogP contribution in [0.5, 0.6) is 0 Å². The van der Waals surface area contributed by atoms with E-state index < -0.39 is 46.3 Å². The SMILES string of the molecule is CC(C)n1c2c(cc(=C3C=CC(NS(=O)(=O)CCC(F)(F)F)=C(F)C3)c1=O)CN=C(NC1CCC(N(C)CC3COC3)CC1)N=2. The van der Waals surface area contributed by atoms with Gasteiger partial charge in [0, 0.05) is 47.8 Å². The zero-order valence-corrected chi connectivity index (χ0v) is 26.5. The lowest BCUT2D eigenvalue weighted by Gasteiger charge is -2.38. The summed E-state index contributed by atoms with van der Waals surface area (Å²) < 4.78 is 85.4. The fraction of sp³-hybridized carbons (Fsp3) is 0.633. The lowest BCUT2D eigenvalue weighted by Crippen LogP contribution is -2.49. The first-order chi connectivity index (χ1) is 21.2. The van der Waals surface area contributed by atoms with Crippen LogP contribution in [0.1, 0.15) is 64.0 Å². The van der Waals surface area contributed by atoms with Gasteiger partial charge in [-0.3, -0.25) is 14.1 Å². The molecule has 45 heavy (non-hydrogen) atoms. The molecule has 2 N–H and O–H groups in total. The molecule has 2 fully saturated rings. The highest BCUT2D eigenvalue weighted by atomic mass is 32.2. The van der Waals surface area contributed by atoms with E-state index in [1.54, 1.807) is 10.6 Å². The van der Waals surface area contributed by atoms with E-state index in [1.807, 2.05) is 18.6 Å². The molecule has 2 aliphatic heterocycles. The summed E-state index contributed by atoms with van der Waals surface area (Å²) in [6, 6.07) is 2.13. The van der Waals surface area contributed by atoms with Gasteiger partial charge in [0.15, 0.2) is 0 Å². The van der Waals surface area contributed by atoms with Crippen LogP contribution in [0.2, 0.25) is 0 Å². The molecular weight excluding hydrogens is 616 g/mol. The van der Waals surface area contributed by atoms with Crippen LogP contribution in [-0.2, 0) is 21.3 Å². The Kier molecular flexibility index (Phi) is 9.90. The van der Waals surface area contributed by atoms with Crippen molar-refractivity contribution in [1.82, 2.24) is 19.5 Å². The van der Waals surface area contributed by atoms with Gasteiger partial charge in [0.1, 0.15) is 11.3 Å². The molecule has 1 aromatic heterocycles. The average Bonchev–Trinajstić information content (AvgIpc) is 2.94. The van der Waals surface area contributed by atoms with Crippen molar-refractivity contribution >= 4 is 21.6 Å². The standard InChI is InChI=1S/C30H40F4N6O4S/c1-18(2)40-27-21(14-35-29(37-27)36-22-5-7-23(8-6-22)39(3)15-19-16-44-17-19)12-24(28(40)41)20-4-9-26(25(31)13-20)38-45(42,43)11-10-30(32,33)34/h4,9,12,18-19,22-23,38H,5-8,10-11,13-17H2,1-3H3,(H,35,36). The third-order valence-electron chi connectivity index (χ3n) is 8.67. The second-order valence-corrected chi connectivity index (χ2v) is 14.4.